The van der Waals surface area contributed by atoms with E-state index in [1.165, 1.54) is 13.1 Å². The molecule has 0 saturated heterocycles. The van der Waals surface area contributed by atoms with Gasteiger partial charge in [0.15, 0.2) is 6.61 Å². The number of amides is 2. The minimum absolute atomic E-state index is 0.157. The summed E-state index contributed by atoms with van der Waals surface area (Å²) < 4.78 is 37.5. The van der Waals surface area contributed by atoms with Crippen LogP contribution in [-0.4, -0.2) is 45.4 Å². The number of carbonyl (C=O) groups excluding carboxylic acids is 2. The summed E-state index contributed by atoms with van der Waals surface area (Å²) in [4.78, 5) is 24.9. The molecule has 216 valence electrons. The van der Waals surface area contributed by atoms with E-state index in [-0.39, 0.29) is 12.5 Å². The molecule has 4 rings (SSSR count). The van der Waals surface area contributed by atoms with E-state index in [1.807, 2.05) is 36.4 Å². The number of hydrogen-bond acceptors (Lipinski definition) is 7. The van der Waals surface area contributed by atoms with Crippen molar-refractivity contribution >= 4 is 39.4 Å². The van der Waals surface area contributed by atoms with E-state index in [1.54, 1.807) is 72.8 Å². The first kappa shape index (κ1) is 29.8. The summed E-state index contributed by atoms with van der Waals surface area (Å²) in [5, 5.41) is 6.70. The molecule has 42 heavy (non-hydrogen) atoms. The maximum absolute atomic E-state index is 12.8. The average molecular weight is 587 g/mol. The number of carbonyl (C=O) groups is 2. The molecular weight excluding hydrogens is 556 g/mol. The van der Waals surface area contributed by atoms with Gasteiger partial charge >= 0.3 is 0 Å². The lowest BCUT2D eigenvalue weighted by Crippen LogP contribution is -2.46. The Hall–Kier alpha value is -5.16. The molecular formula is C31H30N4O6S. The van der Waals surface area contributed by atoms with Crippen LogP contribution in [0.5, 0.6) is 17.2 Å². The maximum atomic E-state index is 12.8. The minimum Gasteiger partial charge on any atom is -0.484 e. The standard InChI is InChI=1S/C31H30N4O6S/c1-23(35(42(2,38)39)26-15-19-29(20-16-26)41-28-11-7-4-8-12-28)31(37)34-32-21-24-13-17-27(18-14-24)40-22-30(36)33-25-9-5-3-6-10-25/h3-21,23H,22H2,1-2H3,(H,33,36)(H,34,37)/b32-21-/t23-/m0/s1. The van der Waals surface area contributed by atoms with Gasteiger partial charge in [0.25, 0.3) is 11.8 Å². The third kappa shape index (κ3) is 8.67. The van der Waals surface area contributed by atoms with Crippen LogP contribution in [-0.2, 0) is 19.6 Å². The number of anilines is 2. The molecule has 0 bridgehead atoms. The molecule has 4 aromatic carbocycles. The number of hydrazone groups is 1. The van der Waals surface area contributed by atoms with Crippen LogP contribution in [0.1, 0.15) is 12.5 Å². The molecule has 0 heterocycles. The fraction of sp³-hybridized carbons (Fsp3) is 0.129. The summed E-state index contributed by atoms with van der Waals surface area (Å²) in [6.45, 7) is 1.32. The van der Waals surface area contributed by atoms with Crippen molar-refractivity contribution in [2.45, 2.75) is 13.0 Å². The molecule has 11 heteroatoms. The van der Waals surface area contributed by atoms with Crippen molar-refractivity contribution in [3.05, 3.63) is 115 Å². The summed E-state index contributed by atoms with van der Waals surface area (Å²) in [6, 6.07) is 30.3. The van der Waals surface area contributed by atoms with Gasteiger partial charge in [0, 0.05) is 5.69 Å². The third-order valence-electron chi connectivity index (χ3n) is 5.85. The van der Waals surface area contributed by atoms with Crippen molar-refractivity contribution in [2.75, 3.05) is 22.5 Å². The van der Waals surface area contributed by atoms with Gasteiger partial charge in [0.2, 0.25) is 10.0 Å². The van der Waals surface area contributed by atoms with E-state index in [0.29, 0.717) is 34.2 Å². The maximum Gasteiger partial charge on any atom is 0.263 e. The average Bonchev–Trinajstić information content (AvgIpc) is 2.98. The first-order valence-electron chi connectivity index (χ1n) is 12.9. The van der Waals surface area contributed by atoms with Crippen LogP contribution in [0.25, 0.3) is 0 Å². The van der Waals surface area contributed by atoms with Crippen LogP contribution in [0.4, 0.5) is 11.4 Å². The summed E-state index contributed by atoms with van der Waals surface area (Å²) in [7, 11) is -3.81. The predicted octanol–water partition coefficient (Wildman–Crippen LogP) is 4.80. The molecule has 0 aliphatic carbocycles. The summed E-state index contributed by atoms with van der Waals surface area (Å²) >= 11 is 0. The largest absolute Gasteiger partial charge is 0.484 e. The number of ether oxygens (including phenoxy) is 2. The van der Waals surface area contributed by atoms with Crippen LogP contribution in [0.15, 0.2) is 114 Å². The first-order valence-corrected chi connectivity index (χ1v) is 14.8. The highest BCUT2D eigenvalue weighted by atomic mass is 32.2. The van der Waals surface area contributed by atoms with Crippen LogP contribution in [0.2, 0.25) is 0 Å². The number of benzene rings is 4. The van der Waals surface area contributed by atoms with Crippen LogP contribution < -0.4 is 24.5 Å². The van der Waals surface area contributed by atoms with Crippen molar-refractivity contribution in [3.63, 3.8) is 0 Å². The molecule has 0 aliphatic heterocycles. The van der Waals surface area contributed by atoms with Gasteiger partial charge in [0.1, 0.15) is 23.3 Å². The normalized spacial score (nSPS) is 11.9. The van der Waals surface area contributed by atoms with Gasteiger partial charge in [-0.2, -0.15) is 5.10 Å². The Morgan fingerprint density at radius 2 is 1.40 bits per heavy atom. The lowest BCUT2D eigenvalue weighted by Gasteiger charge is -2.27. The van der Waals surface area contributed by atoms with Crippen LogP contribution >= 0.6 is 0 Å². The zero-order chi connectivity index (χ0) is 30.0. The SMILES string of the molecule is C[C@@H](C(=O)N/N=C\c1ccc(OCC(=O)Nc2ccccc2)cc1)N(c1ccc(Oc2ccccc2)cc1)S(C)(=O)=O. The molecule has 0 aromatic heterocycles. The number of para-hydroxylation sites is 2. The molecule has 2 N–H and O–H groups in total. The Balaban J connectivity index is 1.31. The van der Waals surface area contributed by atoms with Crippen molar-refractivity contribution in [1.82, 2.24) is 5.43 Å². The van der Waals surface area contributed by atoms with Gasteiger partial charge in [-0.3, -0.25) is 13.9 Å². The van der Waals surface area contributed by atoms with Gasteiger partial charge in [-0.25, -0.2) is 13.8 Å². The summed E-state index contributed by atoms with van der Waals surface area (Å²) in [6.07, 6.45) is 2.44. The Kier molecular flexibility index (Phi) is 9.90. The van der Waals surface area contributed by atoms with E-state index < -0.39 is 22.0 Å². The predicted molar refractivity (Wildman–Crippen MR) is 162 cm³/mol. The van der Waals surface area contributed by atoms with Gasteiger partial charge in [0.05, 0.1) is 18.2 Å². The van der Waals surface area contributed by atoms with E-state index in [9.17, 15) is 18.0 Å². The number of nitrogens with one attached hydrogen (secondary N) is 2. The lowest BCUT2D eigenvalue weighted by molar-refractivity contribution is -0.121. The quantitative estimate of drug-likeness (QED) is 0.181. The molecule has 0 saturated carbocycles. The number of nitrogens with zero attached hydrogens (tertiary/aromatic N) is 2. The first-order chi connectivity index (χ1) is 20.2. The van der Waals surface area contributed by atoms with Gasteiger partial charge in [-0.15, -0.1) is 0 Å². The van der Waals surface area contributed by atoms with Gasteiger partial charge in [-0.05, 0) is 85.3 Å². The zero-order valence-corrected chi connectivity index (χ0v) is 23.8. The molecule has 0 fully saturated rings. The fourth-order valence-corrected chi connectivity index (χ4v) is 5.05. The zero-order valence-electron chi connectivity index (χ0n) is 23.0. The highest BCUT2D eigenvalue weighted by Gasteiger charge is 2.29. The topological polar surface area (TPSA) is 126 Å². The van der Waals surface area contributed by atoms with E-state index >= 15 is 0 Å². The van der Waals surface area contributed by atoms with Crippen molar-refractivity contribution in [2.24, 2.45) is 5.10 Å². The number of sulfonamides is 1. The molecule has 0 spiro atoms. The Labute approximate surface area is 244 Å². The van der Waals surface area contributed by atoms with Crippen molar-refractivity contribution in [3.8, 4) is 17.2 Å². The van der Waals surface area contributed by atoms with Gasteiger partial charge in [-0.1, -0.05) is 36.4 Å². The Morgan fingerprint density at radius 1 is 0.833 bits per heavy atom. The monoisotopic (exact) mass is 586 g/mol. The Morgan fingerprint density at radius 3 is 2.02 bits per heavy atom. The van der Waals surface area contributed by atoms with Gasteiger partial charge < -0.3 is 14.8 Å². The molecule has 2 amide bonds. The molecule has 10 nitrogen and oxygen atoms in total. The fourth-order valence-electron chi connectivity index (χ4n) is 3.88. The third-order valence-corrected chi connectivity index (χ3v) is 7.10. The highest BCUT2D eigenvalue weighted by Crippen LogP contribution is 2.27. The highest BCUT2D eigenvalue weighted by molar-refractivity contribution is 7.92. The van der Waals surface area contributed by atoms with E-state index in [4.69, 9.17) is 9.47 Å². The van der Waals surface area contributed by atoms with Crippen molar-refractivity contribution < 1.29 is 27.5 Å². The molecule has 0 unspecified atom stereocenters. The number of hydrogen-bond donors (Lipinski definition) is 2. The number of rotatable bonds is 12. The lowest BCUT2D eigenvalue weighted by atomic mass is 10.2. The van der Waals surface area contributed by atoms with E-state index in [2.05, 4.69) is 15.8 Å². The molecule has 4 aromatic rings. The smallest absolute Gasteiger partial charge is 0.263 e. The second kappa shape index (κ2) is 14.0. The Bertz CT molecular complexity index is 1610. The van der Waals surface area contributed by atoms with Crippen LogP contribution in [0.3, 0.4) is 0 Å². The van der Waals surface area contributed by atoms with Crippen molar-refractivity contribution in [1.29, 1.82) is 0 Å². The van der Waals surface area contributed by atoms with E-state index in [0.717, 1.165) is 10.6 Å². The second-order valence-electron chi connectivity index (χ2n) is 9.15. The second-order valence-corrected chi connectivity index (χ2v) is 11.0. The van der Waals surface area contributed by atoms with Crippen LogP contribution in [0, 0.1) is 0 Å². The molecule has 0 aliphatic rings. The molecule has 1 atom stereocenters. The summed E-state index contributed by atoms with van der Waals surface area (Å²) in [5.41, 5.74) is 4.03. The summed E-state index contributed by atoms with van der Waals surface area (Å²) in [5.74, 6) is 0.738. The molecule has 0 radical (unpaired) electrons. The minimum atomic E-state index is -3.81.